The zero-order valence-electron chi connectivity index (χ0n) is 17.8. The second-order valence-electron chi connectivity index (χ2n) is 9.04. The quantitative estimate of drug-likeness (QED) is 0.432. The van der Waals surface area contributed by atoms with Gasteiger partial charge in [0.2, 0.25) is 0 Å². The molecule has 2 aliphatic rings. The van der Waals surface area contributed by atoms with E-state index in [1.165, 1.54) is 11.1 Å². The summed E-state index contributed by atoms with van der Waals surface area (Å²) in [5.41, 5.74) is 4.72. The first-order chi connectivity index (χ1) is 14.2. The van der Waals surface area contributed by atoms with Crippen molar-refractivity contribution in [2.24, 2.45) is 5.41 Å². The third-order valence-corrected chi connectivity index (χ3v) is 7.63. The summed E-state index contributed by atoms with van der Waals surface area (Å²) < 4.78 is 8.08. The lowest BCUT2D eigenvalue weighted by Crippen LogP contribution is -2.61. The van der Waals surface area contributed by atoms with Crippen molar-refractivity contribution in [3.8, 4) is 11.8 Å². The van der Waals surface area contributed by atoms with E-state index in [1.54, 1.807) is 6.07 Å². The Morgan fingerprint density at radius 1 is 1.23 bits per heavy atom. The fraction of sp³-hybridized carbons (Fsp3) is 0.417. The van der Waals surface area contributed by atoms with E-state index < -0.39 is 0 Å². The van der Waals surface area contributed by atoms with Crippen LogP contribution in [0.3, 0.4) is 0 Å². The summed E-state index contributed by atoms with van der Waals surface area (Å²) >= 11 is 2.16. The molecule has 1 amide bonds. The molecule has 0 unspecified atom stereocenters. The Balaban J connectivity index is 1.44. The topological polar surface area (TPSA) is 56.6 Å². The molecular formula is C24H26IN3O2. The van der Waals surface area contributed by atoms with E-state index in [0.717, 1.165) is 36.4 Å². The highest BCUT2D eigenvalue weighted by Gasteiger charge is 2.53. The molecule has 1 saturated carbocycles. The van der Waals surface area contributed by atoms with Crippen molar-refractivity contribution in [2.45, 2.75) is 52.4 Å². The Morgan fingerprint density at radius 2 is 1.97 bits per heavy atom. The number of carbonyl (C=O) groups is 1. The molecule has 0 spiro atoms. The lowest BCUT2D eigenvalue weighted by Gasteiger charge is -2.53. The number of rotatable bonds is 4. The molecule has 1 aliphatic carbocycles. The van der Waals surface area contributed by atoms with Crippen molar-refractivity contribution >= 4 is 28.8 Å². The van der Waals surface area contributed by atoms with E-state index in [0.29, 0.717) is 5.56 Å². The molecule has 0 radical (unpaired) electrons. The molecule has 0 aromatic heterocycles. The average molecular weight is 515 g/mol. The van der Waals surface area contributed by atoms with Crippen molar-refractivity contribution in [1.29, 1.82) is 5.26 Å². The lowest BCUT2D eigenvalue weighted by molar-refractivity contribution is -0.0690. The van der Waals surface area contributed by atoms with Crippen LogP contribution >= 0.6 is 22.9 Å². The highest BCUT2D eigenvalue weighted by Crippen LogP contribution is 2.47. The van der Waals surface area contributed by atoms with Crippen LogP contribution in [-0.2, 0) is 13.1 Å². The fourth-order valence-electron chi connectivity index (χ4n) is 4.41. The van der Waals surface area contributed by atoms with Gasteiger partial charge in [-0.05, 0) is 61.0 Å². The minimum absolute atomic E-state index is 0.0218. The zero-order chi connectivity index (χ0) is 21.6. The SMILES string of the molecule is Cc1cc(O[C@H]2C[C@H](N(I)C(=O)c3ccc4c(c3)CN(C)C4)C2(C)C)ccc1C#N. The van der Waals surface area contributed by atoms with Gasteiger partial charge in [0.05, 0.1) is 40.5 Å². The smallest absolute Gasteiger partial charge is 0.262 e. The molecule has 2 atom stereocenters. The second-order valence-corrected chi connectivity index (χ2v) is 10.1. The van der Waals surface area contributed by atoms with Gasteiger partial charge in [-0.25, -0.2) is 0 Å². The molecule has 30 heavy (non-hydrogen) atoms. The number of hydrogen-bond acceptors (Lipinski definition) is 4. The van der Waals surface area contributed by atoms with Gasteiger partial charge in [0.15, 0.2) is 0 Å². The first-order valence-electron chi connectivity index (χ1n) is 10.2. The fourth-order valence-corrected chi connectivity index (χ4v) is 5.63. The van der Waals surface area contributed by atoms with E-state index in [-0.39, 0.29) is 23.5 Å². The van der Waals surface area contributed by atoms with Crippen molar-refractivity contribution in [3.05, 3.63) is 64.2 Å². The third-order valence-electron chi connectivity index (χ3n) is 6.52. The average Bonchev–Trinajstić information content (AvgIpc) is 3.09. The van der Waals surface area contributed by atoms with Gasteiger partial charge in [-0.2, -0.15) is 5.26 Å². The Bertz CT molecular complexity index is 1040. The summed E-state index contributed by atoms with van der Waals surface area (Å²) in [4.78, 5) is 15.4. The number of benzene rings is 2. The summed E-state index contributed by atoms with van der Waals surface area (Å²) in [5, 5.41) is 9.11. The van der Waals surface area contributed by atoms with Crippen LogP contribution in [0.5, 0.6) is 5.75 Å². The maximum absolute atomic E-state index is 13.2. The number of nitriles is 1. The highest BCUT2D eigenvalue weighted by atomic mass is 127. The molecule has 1 heterocycles. The molecule has 1 aliphatic heterocycles. The molecule has 0 N–H and O–H groups in total. The molecule has 0 bridgehead atoms. The standard InChI is InChI=1S/C24H26IN3O2/c1-15-9-20(8-7-17(15)12-26)30-22-11-21(24(22,2)3)28(25)23(29)16-5-6-18-13-27(4)14-19(18)10-16/h5-10,21-22H,11,13-14H2,1-4H3/t21-,22-/m0/s1. The molecule has 1 fully saturated rings. The highest BCUT2D eigenvalue weighted by molar-refractivity contribution is 14.1. The van der Waals surface area contributed by atoms with Gasteiger partial charge < -0.3 is 4.74 Å². The third kappa shape index (κ3) is 3.69. The molecule has 5 nitrogen and oxygen atoms in total. The van der Waals surface area contributed by atoms with Gasteiger partial charge in [0.25, 0.3) is 5.91 Å². The van der Waals surface area contributed by atoms with Crippen LogP contribution < -0.4 is 4.74 Å². The summed E-state index contributed by atoms with van der Waals surface area (Å²) in [7, 11) is 2.10. The molecule has 6 heteroatoms. The predicted octanol–water partition coefficient (Wildman–Crippen LogP) is 4.85. The van der Waals surface area contributed by atoms with Crippen LogP contribution in [0.25, 0.3) is 0 Å². The van der Waals surface area contributed by atoms with Gasteiger partial charge in [-0.3, -0.25) is 12.8 Å². The Kier molecular flexibility index (Phi) is 5.54. The summed E-state index contributed by atoms with van der Waals surface area (Å²) in [6, 6.07) is 13.9. The van der Waals surface area contributed by atoms with Crippen molar-refractivity contribution in [3.63, 3.8) is 0 Å². The van der Waals surface area contributed by atoms with E-state index in [4.69, 9.17) is 10.00 Å². The lowest BCUT2D eigenvalue weighted by atomic mass is 9.64. The maximum Gasteiger partial charge on any atom is 0.262 e. The first-order valence-corrected chi connectivity index (χ1v) is 11.1. The Hall–Kier alpha value is -2.11. The predicted molar refractivity (Wildman–Crippen MR) is 124 cm³/mol. The monoisotopic (exact) mass is 515 g/mol. The number of halogens is 1. The van der Waals surface area contributed by atoms with Gasteiger partial charge in [-0.1, -0.05) is 19.9 Å². The first kappa shape index (κ1) is 21.1. The molecule has 0 saturated heterocycles. The van der Waals surface area contributed by atoms with E-state index in [1.807, 2.05) is 34.3 Å². The minimum atomic E-state index is -0.171. The molecule has 4 rings (SSSR count). The van der Waals surface area contributed by atoms with Crippen molar-refractivity contribution in [2.75, 3.05) is 7.05 Å². The molecule has 156 valence electrons. The maximum atomic E-state index is 13.2. The summed E-state index contributed by atoms with van der Waals surface area (Å²) in [5.74, 6) is 0.829. The largest absolute Gasteiger partial charge is 0.490 e. The second kappa shape index (κ2) is 7.86. The summed E-state index contributed by atoms with van der Waals surface area (Å²) in [6.45, 7) is 8.06. The van der Waals surface area contributed by atoms with Crippen LogP contribution in [0.2, 0.25) is 0 Å². The number of carbonyl (C=O) groups excluding carboxylic acids is 1. The number of amides is 1. The number of ether oxygens (including phenoxy) is 1. The Morgan fingerprint density at radius 3 is 2.63 bits per heavy atom. The number of nitrogens with zero attached hydrogens (tertiary/aromatic N) is 3. The van der Waals surface area contributed by atoms with E-state index in [2.05, 4.69) is 60.8 Å². The van der Waals surface area contributed by atoms with Gasteiger partial charge >= 0.3 is 0 Å². The molecule has 2 aromatic carbocycles. The minimum Gasteiger partial charge on any atom is -0.490 e. The van der Waals surface area contributed by atoms with Gasteiger partial charge in [0, 0.05) is 30.5 Å². The number of aryl methyl sites for hydroxylation is 1. The number of hydrogen-bond donors (Lipinski definition) is 0. The summed E-state index contributed by atoms with van der Waals surface area (Å²) in [6.07, 6.45) is 0.808. The molecular weight excluding hydrogens is 489 g/mol. The normalized spacial score (nSPS) is 22.0. The molecule has 2 aromatic rings. The van der Waals surface area contributed by atoms with Crippen LogP contribution in [-0.4, -0.2) is 33.1 Å². The zero-order valence-corrected chi connectivity index (χ0v) is 19.9. The van der Waals surface area contributed by atoms with E-state index >= 15 is 0 Å². The van der Waals surface area contributed by atoms with Gasteiger partial charge in [0.1, 0.15) is 11.9 Å². The van der Waals surface area contributed by atoms with Crippen LogP contribution in [0, 0.1) is 23.7 Å². The van der Waals surface area contributed by atoms with Crippen molar-refractivity contribution in [1.82, 2.24) is 8.01 Å². The Labute approximate surface area is 192 Å². The van der Waals surface area contributed by atoms with Crippen LogP contribution in [0.4, 0.5) is 0 Å². The van der Waals surface area contributed by atoms with Crippen LogP contribution in [0.15, 0.2) is 36.4 Å². The number of fused-ring (bicyclic) bond motifs is 1. The van der Waals surface area contributed by atoms with Crippen LogP contribution in [0.1, 0.15) is 52.9 Å². The van der Waals surface area contributed by atoms with E-state index in [9.17, 15) is 4.79 Å². The van der Waals surface area contributed by atoms with Crippen molar-refractivity contribution < 1.29 is 9.53 Å². The van der Waals surface area contributed by atoms with Gasteiger partial charge in [-0.15, -0.1) is 0 Å².